The lowest BCUT2D eigenvalue weighted by Crippen LogP contribution is -2.10. The summed E-state index contributed by atoms with van der Waals surface area (Å²) in [6, 6.07) is 8.25. The number of hydrogen-bond donors (Lipinski definition) is 1. The molecule has 0 aliphatic heterocycles. The Bertz CT molecular complexity index is 321. The topological polar surface area (TPSA) is 29.5 Å². The first-order valence-electron chi connectivity index (χ1n) is 5.82. The fourth-order valence-electron chi connectivity index (χ4n) is 1.51. The molecule has 94 valence electrons. The van der Waals surface area contributed by atoms with Crippen LogP contribution in [0.15, 0.2) is 41.4 Å². The van der Waals surface area contributed by atoms with Crippen LogP contribution in [0.4, 0.5) is 0 Å². The minimum absolute atomic E-state index is 0.187. The van der Waals surface area contributed by atoms with Crippen molar-refractivity contribution in [2.24, 2.45) is 5.92 Å². The van der Waals surface area contributed by atoms with Gasteiger partial charge in [0.15, 0.2) is 0 Å². The van der Waals surface area contributed by atoms with E-state index in [0.29, 0.717) is 13.2 Å². The zero-order valence-electron chi connectivity index (χ0n) is 9.94. The average Bonchev–Trinajstić information content (AvgIpc) is 2.35. The number of aliphatic hydroxyl groups excluding tert-OH is 1. The summed E-state index contributed by atoms with van der Waals surface area (Å²) in [4.78, 5) is 0. The molecular weight excluding hydrogens is 280 g/mol. The first kappa shape index (κ1) is 14.4. The van der Waals surface area contributed by atoms with Gasteiger partial charge in [-0.05, 0) is 30.5 Å². The lowest BCUT2D eigenvalue weighted by Gasteiger charge is -2.11. The molecule has 0 aliphatic rings. The molecule has 1 rings (SSSR count). The van der Waals surface area contributed by atoms with Crippen molar-refractivity contribution in [2.75, 3.05) is 19.8 Å². The van der Waals surface area contributed by atoms with Crippen LogP contribution in [-0.4, -0.2) is 24.9 Å². The molecule has 0 aliphatic carbocycles. The number of ether oxygens (including phenoxy) is 1. The van der Waals surface area contributed by atoms with E-state index in [0.717, 1.165) is 17.3 Å². The Morgan fingerprint density at radius 2 is 2.06 bits per heavy atom. The maximum atomic E-state index is 8.82. The fraction of sp³-hybridized carbons (Fsp3) is 0.429. The van der Waals surface area contributed by atoms with Gasteiger partial charge in [0.1, 0.15) is 0 Å². The molecule has 3 heteroatoms. The highest BCUT2D eigenvalue weighted by Gasteiger charge is 2.03. The highest BCUT2D eigenvalue weighted by atomic mass is 79.9. The third-order valence-corrected chi connectivity index (χ3v) is 3.14. The Morgan fingerprint density at radius 1 is 1.35 bits per heavy atom. The van der Waals surface area contributed by atoms with Gasteiger partial charge in [0, 0.05) is 17.0 Å². The Hall–Kier alpha value is -0.640. The Balaban J connectivity index is 2.19. The standard InChI is InChI=1S/C14H19BrO2/c1-2-12(7-9-16)11-17-10-8-13-3-5-14(15)6-4-13/h2-6,12,16H,1,7-11H2. The molecule has 2 nitrogen and oxygen atoms in total. The second-order valence-electron chi connectivity index (χ2n) is 3.96. The molecule has 0 fully saturated rings. The first-order valence-corrected chi connectivity index (χ1v) is 6.61. The number of benzene rings is 1. The van der Waals surface area contributed by atoms with Gasteiger partial charge in [0.2, 0.25) is 0 Å². The van der Waals surface area contributed by atoms with E-state index in [9.17, 15) is 0 Å². The quantitative estimate of drug-likeness (QED) is 0.590. The van der Waals surface area contributed by atoms with E-state index in [1.165, 1.54) is 5.56 Å². The number of rotatable bonds is 8. The Kier molecular flexibility index (Phi) is 7.17. The van der Waals surface area contributed by atoms with Crippen molar-refractivity contribution in [3.05, 3.63) is 47.0 Å². The van der Waals surface area contributed by atoms with Gasteiger partial charge < -0.3 is 9.84 Å². The van der Waals surface area contributed by atoms with E-state index in [1.807, 2.05) is 18.2 Å². The highest BCUT2D eigenvalue weighted by Crippen LogP contribution is 2.11. The van der Waals surface area contributed by atoms with Crippen LogP contribution in [0, 0.1) is 5.92 Å². The largest absolute Gasteiger partial charge is 0.396 e. The van der Waals surface area contributed by atoms with Crippen LogP contribution in [0.3, 0.4) is 0 Å². The molecule has 1 aromatic rings. The second kappa shape index (κ2) is 8.45. The van der Waals surface area contributed by atoms with Crippen molar-refractivity contribution < 1.29 is 9.84 Å². The van der Waals surface area contributed by atoms with Gasteiger partial charge in [-0.2, -0.15) is 0 Å². The van der Waals surface area contributed by atoms with Gasteiger partial charge in [0.25, 0.3) is 0 Å². The second-order valence-corrected chi connectivity index (χ2v) is 4.88. The molecule has 0 bridgehead atoms. The summed E-state index contributed by atoms with van der Waals surface area (Å²) in [5, 5.41) is 8.82. The van der Waals surface area contributed by atoms with E-state index in [1.54, 1.807) is 0 Å². The fourth-order valence-corrected chi connectivity index (χ4v) is 1.78. The van der Waals surface area contributed by atoms with Crippen molar-refractivity contribution in [3.8, 4) is 0 Å². The molecule has 1 atom stereocenters. The molecule has 0 saturated carbocycles. The summed E-state index contributed by atoms with van der Waals surface area (Å²) in [7, 11) is 0. The van der Waals surface area contributed by atoms with Crippen LogP contribution in [-0.2, 0) is 11.2 Å². The zero-order chi connectivity index (χ0) is 12.5. The van der Waals surface area contributed by atoms with Crippen LogP contribution in [0.1, 0.15) is 12.0 Å². The molecule has 17 heavy (non-hydrogen) atoms. The van der Waals surface area contributed by atoms with Crippen LogP contribution in [0.25, 0.3) is 0 Å². The normalized spacial score (nSPS) is 12.4. The summed E-state index contributed by atoms with van der Waals surface area (Å²) in [5.41, 5.74) is 1.27. The zero-order valence-corrected chi connectivity index (χ0v) is 11.5. The molecule has 0 amide bonds. The van der Waals surface area contributed by atoms with Crippen LogP contribution in [0.5, 0.6) is 0 Å². The van der Waals surface area contributed by atoms with Gasteiger partial charge in [0.05, 0.1) is 13.2 Å². The Labute approximate surface area is 111 Å². The van der Waals surface area contributed by atoms with E-state index in [4.69, 9.17) is 9.84 Å². The molecule has 1 unspecified atom stereocenters. The van der Waals surface area contributed by atoms with Gasteiger partial charge in [-0.3, -0.25) is 0 Å². The third kappa shape index (κ3) is 6.01. The maximum Gasteiger partial charge on any atom is 0.0529 e. The van der Waals surface area contributed by atoms with E-state index < -0.39 is 0 Å². The number of aliphatic hydroxyl groups is 1. The molecule has 1 N–H and O–H groups in total. The Morgan fingerprint density at radius 3 is 2.65 bits per heavy atom. The lowest BCUT2D eigenvalue weighted by molar-refractivity contribution is 0.105. The summed E-state index contributed by atoms with van der Waals surface area (Å²) >= 11 is 3.41. The predicted molar refractivity (Wildman–Crippen MR) is 74.1 cm³/mol. The van der Waals surface area contributed by atoms with Gasteiger partial charge >= 0.3 is 0 Å². The van der Waals surface area contributed by atoms with E-state index in [-0.39, 0.29) is 12.5 Å². The summed E-state index contributed by atoms with van der Waals surface area (Å²) < 4.78 is 6.67. The minimum Gasteiger partial charge on any atom is -0.396 e. The van der Waals surface area contributed by atoms with Crippen LogP contribution in [0.2, 0.25) is 0 Å². The van der Waals surface area contributed by atoms with Crippen molar-refractivity contribution in [1.29, 1.82) is 0 Å². The summed E-state index contributed by atoms with van der Waals surface area (Å²) in [6.45, 7) is 5.26. The maximum absolute atomic E-state index is 8.82. The number of halogens is 1. The number of hydrogen-bond acceptors (Lipinski definition) is 2. The van der Waals surface area contributed by atoms with Gasteiger partial charge in [-0.25, -0.2) is 0 Å². The summed E-state index contributed by atoms with van der Waals surface area (Å²) in [6.07, 6.45) is 3.48. The highest BCUT2D eigenvalue weighted by molar-refractivity contribution is 9.10. The molecular formula is C14H19BrO2. The monoisotopic (exact) mass is 298 g/mol. The predicted octanol–water partition coefficient (Wildman–Crippen LogP) is 3.19. The van der Waals surface area contributed by atoms with Crippen molar-refractivity contribution in [2.45, 2.75) is 12.8 Å². The summed E-state index contributed by atoms with van der Waals surface area (Å²) in [5.74, 6) is 0.255. The smallest absolute Gasteiger partial charge is 0.0529 e. The molecule has 0 radical (unpaired) electrons. The SMILES string of the molecule is C=CC(CCO)COCCc1ccc(Br)cc1. The molecule has 0 saturated heterocycles. The lowest BCUT2D eigenvalue weighted by atomic mass is 10.1. The molecule has 1 aromatic carbocycles. The van der Waals surface area contributed by atoms with Crippen LogP contribution >= 0.6 is 15.9 Å². The van der Waals surface area contributed by atoms with Crippen molar-refractivity contribution >= 4 is 15.9 Å². The molecule has 0 spiro atoms. The van der Waals surface area contributed by atoms with Crippen LogP contribution < -0.4 is 0 Å². The van der Waals surface area contributed by atoms with Crippen molar-refractivity contribution in [1.82, 2.24) is 0 Å². The van der Waals surface area contributed by atoms with E-state index in [2.05, 4.69) is 34.6 Å². The third-order valence-electron chi connectivity index (χ3n) is 2.61. The van der Waals surface area contributed by atoms with Gasteiger partial charge in [-0.1, -0.05) is 34.1 Å². The average molecular weight is 299 g/mol. The molecule has 0 aromatic heterocycles. The molecule has 0 heterocycles. The minimum atomic E-state index is 0.187. The van der Waals surface area contributed by atoms with Gasteiger partial charge in [-0.15, -0.1) is 6.58 Å². The van der Waals surface area contributed by atoms with Crippen molar-refractivity contribution in [3.63, 3.8) is 0 Å². The first-order chi connectivity index (χ1) is 8.26. The van der Waals surface area contributed by atoms with E-state index >= 15 is 0 Å².